The third kappa shape index (κ3) is 4.97. The van der Waals surface area contributed by atoms with Crippen molar-refractivity contribution < 1.29 is 9.90 Å². The topological polar surface area (TPSA) is 102 Å². The number of aryl methyl sites for hydroxylation is 2. The average molecular weight is 383 g/mol. The summed E-state index contributed by atoms with van der Waals surface area (Å²) in [5.41, 5.74) is 1.19. The summed E-state index contributed by atoms with van der Waals surface area (Å²) in [6.45, 7) is 2.65. The molecule has 3 heterocycles. The minimum absolute atomic E-state index is 0.0534. The molecule has 0 aliphatic rings. The van der Waals surface area contributed by atoms with Gasteiger partial charge in [0.15, 0.2) is 5.65 Å². The average Bonchev–Trinajstić information content (AvgIpc) is 3.07. The van der Waals surface area contributed by atoms with E-state index in [9.17, 15) is 14.7 Å². The molecular weight excluding hydrogens is 358 g/mol. The molecule has 28 heavy (non-hydrogen) atoms. The zero-order valence-electron chi connectivity index (χ0n) is 16.0. The molecule has 0 aliphatic carbocycles. The highest BCUT2D eigenvalue weighted by Crippen LogP contribution is 2.08. The van der Waals surface area contributed by atoms with E-state index in [1.165, 1.54) is 10.6 Å². The van der Waals surface area contributed by atoms with Crippen LogP contribution in [0.3, 0.4) is 0 Å². The van der Waals surface area contributed by atoms with Crippen LogP contribution in [0.2, 0.25) is 0 Å². The fourth-order valence-electron chi connectivity index (χ4n) is 3.17. The molecule has 3 aromatic rings. The lowest BCUT2D eigenvalue weighted by Crippen LogP contribution is -2.28. The molecule has 0 fully saturated rings. The quantitative estimate of drug-likeness (QED) is 0.549. The molecule has 2 N–H and O–H groups in total. The molecule has 1 amide bonds. The Labute approximate surface area is 162 Å². The zero-order valence-corrected chi connectivity index (χ0v) is 16.0. The molecule has 0 aliphatic heterocycles. The molecule has 8 heteroatoms. The van der Waals surface area contributed by atoms with Crippen molar-refractivity contribution >= 4 is 11.6 Å². The SMILES string of the molecule is Cc1cc(O)cc(=O)n1CCC(=O)NCCCCCc1nnc2ccccn12. The van der Waals surface area contributed by atoms with Crippen molar-refractivity contribution in [3.05, 3.63) is 58.4 Å². The van der Waals surface area contributed by atoms with Gasteiger partial charge < -0.3 is 15.0 Å². The van der Waals surface area contributed by atoms with Crippen LogP contribution < -0.4 is 10.9 Å². The Kier molecular flexibility index (Phi) is 6.41. The predicted molar refractivity (Wildman–Crippen MR) is 105 cm³/mol. The van der Waals surface area contributed by atoms with Gasteiger partial charge >= 0.3 is 0 Å². The van der Waals surface area contributed by atoms with Gasteiger partial charge in [-0.2, -0.15) is 0 Å². The maximum absolute atomic E-state index is 12.0. The molecule has 0 spiro atoms. The Morgan fingerprint density at radius 2 is 2.04 bits per heavy atom. The summed E-state index contributed by atoms with van der Waals surface area (Å²) in [6, 6.07) is 8.50. The minimum Gasteiger partial charge on any atom is -0.508 e. The van der Waals surface area contributed by atoms with Gasteiger partial charge in [-0.3, -0.25) is 14.0 Å². The Balaban J connectivity index is 1.33. The second-order valence-electron chi connectivity index (χ2n) is 6.80. The fourth-order valence-corrected chi connectivity index (χ4v) is 3.17. The number of carbonyl (C=O) groups excluding carboxylic acids is 1. The molecule has 0 radical (unpaired) electrons. The van der Waals surface area contributed by atoms with Crippen LogP contribution in [0.5, 0.6) is 5.75 Å². The lowest BCUT2D eigenvalue weighted by Gasteiger charge is -2.10. The van der Waals surface area contributed by atoms with Gasteiger partial charge in [-0.15, -0.1) is 10.2 Å². The molecule has 8 nitrogen and oxygen atoms in total. The number of fused-ring (bicyclic) bond motifs is 1. The van der Waals surface area contributed by atoms with Gasteiger partial charge in [0.1, 0.15) is 11.6 Å². The molecule has 0 saturated carbocycles. The first kappa shape index (κ1) is 19.6. The molecule has 3 rings (SSSR count). The molecule has 0 bridgehead atoms. The van der Waals surface area contributed by atoms with Crippen LogP contribution in [0.1, 0.15) is 37.2 Å². The van der Waals surface area contributed by atoms with Gasteiger partial charge in [0, 0.05) is 43.9 Å². The van der Waals surface area contributed by atoms with Crippen LogP contribution in [0.4, 0.5) is 0 Å². The highest BCUT2D eigenvalue weighted by molar-refractivity contribution is 5.75. The van der Waals surface area contributed by atoms with Gasteiger partial charge in [-0.05, 0) is 38.0 Å². The van der Waals surface area contributed by atoms with Gasteiger partial charge in [-0.25, -0.2) is 0 Å². The summed E-state index contributed by atoms with van der Waals surface area (Å²) in [5.74, 6) is 0.819. The van der Waals surface area contributed by atoms with Crippen molar-refractivity contribution in [1.29, 1.82) is 0 Å². The minimum atomic E-state index is -0.300. The third-order valence-electron chi connectivity index (χ3n) is 4.67. The first-order valence-corrected chi connectivity index (χ1v) is 9.50. The molecule has 0 unspecified atom stereocenters. The first-order chi connectivity index (χ1) is 13.5. The highest BCUT2D eigenvalue weighted by Gasteiger charge is 2.07. The van der Waals surface area contributed by atoms with Crippen LogP contribution >= 0.6 is 0 Å². The second-order valence-corrected chi connectivity index (χ2v) is 6.80. The lowest BCUT2D eigenvalue weighted by atomic mass is 10.2. The smallest absolute Gasteiger partial charge is 0.254 e. The van der Waals surface area contributed by atoms with Crippen LogP contribution in [-0.2, 0) is 17.8 Å². The maximum Gasteiger partial charge on any atom is 0.254 e. The van der Waals surface area contributed by atoms with E-state index in [4.69, 9.17) is 0 Å². The van der Waals surface area contributed by atoms with Crippen molar-refractivity contribution in [3.8, 4) is 5.75 Å². The number of rotatable bonds is 9. The Hall–Kier alpha value is -3.16. The van der Waals surface area contributed by atoms with Gasteiger partial charge in [-0.1, -0.05) is 12.5 Å². The summed E-state index contributed by atoms with van der Waals surface area (Å²) in [6.07, 6.45) is 5.90. The number of carbonyl (C=O) groups is 1. The van der Waals surface area contributed by atoms with E-state index in [0.717, 1.165) is 43.2 Å². The number of aromatic nitrogens is 4. The Morgan fingerprint density at radius 1 is 1.18 bits per heavy atom. The van der Waals surface area contributed by atoms with Gasteiger partial charge in [0.25, 0.3) is 5.56 Å². The van der Waals surface area contributed by atoms with Crippen LogP contribution in [0, 0.1) is 6.92 Å². The van der Waals surface area contributed by atoms with Crippen molar-refractivity contribution in [1.82, 2.24) is 24.5 Å². The van der Waals surface area contributed by atoms with E-state index in [1.807, 2.05) is 28.8 Å². The zero-order chi connectivity index (χ0) is 19.9. The predicted octanol–water partition coefficient (Wildman–Crippen LogP) is 1.82. The maximum atomic E-state index is 12.0. The summed E-state index contributed by atoms with van der Waals surface area (Å²) in [5, 5.41) is 20.6. The molecule has 148 valence electrons. The number of hydrogen-bond acceptors (Lipinski definition) is 5. The number of nitrogens with one attached hydrogen (secondary N) is 1. The number of pyridine rings is 2. The fraction of sp³-hybridized carbons (Fsp3) is 0.400. The Bertz CT molecular complexity index is 1010. The number of nitrogens with zero attached hydrogens (tertiary/aromatic N) is 4. The molecule has 0 saturated heterocycles. The van der Waals surface area contributed by atoms with Crippen LogP contribution in [0.25, 0.3) is 5.65 Å². The van der Waals surface area contributed by atoms with Crippen molar-refractivity contribution in [2.45, 2.75) is 45.6 Å². The normalized spacial score (nSPS) is 11.0. The van der Waals surface area contributed by atoms with E-state index in [-0.39, 0.29) is 23.6 Å². The standard InChI is InChI=1S/C20H25N5O3/c1-15-13-16(26)14-20(28)24(15)12-9-19(27)21-10-5-2-3-7-17-22-23-18-8-4-6-11-25(17)18/h4,6,8,11,13-14,26H,2-3,5,7,9-10,12H2,1H3,(H,21,27). The monoisotopic (exact) mass is 383 g/mol. The highest BCUT2D eigenvalue weighted by atomic mass is 16.3. The van der Waals surface area contributed by atoms with Gasteiger partial charge in [0.2, 0.25) is 5.91 Å². The summed E-state index contributed by atoms with van der Waals surface area (Å²) >= 11 is 0. The summed E-state index contributed by atoms with van der Waals surface area (Å²) < 4.78 is 3.48. The second kappa shape index (κ2) is 9.16. The summed E-state index contributed by atoms with van der Waals surface area (Å²) in [7, 11) is 0. The van der Waals surface area contributed by atoms with E-state index in [2.05, 4.69) is 15.5 Å². The van der Waals surface area contributed by atoms with Gasteiger partial charge in [0.05, 0.1) is 0 Å². The van der Waals surface area contributed by atoms with Crippen LogP contribution in [-0.4, -0.2) is 36.7 Å². The number of amides is 1. The van der Waals surface area contributed by atoms with Crippen LogP contribution in [0.15, 0.2) is 41.3 Å². The molecule has 0 aromatic carbocycles. The molecule has 0 atom stereocenters. The third-order valence-corrected chi connectivity index (χ3v) is 4.67. The first-order valence-electron chi connectivity index (χ1n) is 9.50. The Morgan fingerprint density at radius 3 is 2.86 bits per heavy atom. The number of aromatic hydroxyl groups is 1. The van der Waals surface area contributed by atoms with E-state index in [1.54, 1.807) is 6.92 Å². The molecule has 3 aromatic heterocycles. The lowest BCUT2D eigenvalue weighted by molar-refractivity contribution is -0.121. The van der Waals surface area contributed by atoms with Crippen molar-refractivity contribution in [2.24, 2.45) is 0 Å². The largest absolute Gasteiger partial charge is 0.508 e. The molecular formula is C20H25N5O3. The van der Waals surface area contributed by atoms with E-state index in [0.29, 0.717) is 18.8 Å². The van der Waals surface area contributed by atoms with Crippen molar-refractivity contribution in [2.75, 3.05) is 6.54 Å². The van der Waals surface area contributed by atoms with Crippen molar-refractivity contribution in [3.63, 3.8) is 0 Å². The van der Waals surface area contributed by atoms with E-state index < -0.39 is 0 Å². The summed E-state index contributed by atoms with van der Waals surface area (Å²) in [4.78, 5) is 23.8. The number of unbranched alkanes of at least 4 members (excludes halogenated alkanes) is 2. The van der Waals surface area contributed by atoms with E-state index >= 15 is 0 Å². The number of hydrogen-bond donors (Lipinski definition) is 2.